The molecule has 86 valence electrons. The summed E-state index contributed by atoms with van der Waals surface area (Å²) in [6, 6.07) is 7.78. The smallest absolute Gasteiger partial charge is 0.134 e. The standard InChI is InChI=1S/C12H16N2O2/c1-4-16-14-12(10(3)13-15)11-7-5-9(2)6-8-11/h5-8,15H,4H2,1-3H3/b13-10+,14-12-. The molecule has 0 aliphatic carbocycles. The van der Waals surface area contributed by atoms with Crippen LogP contribution in [-0.2, 0) is 4.84 Å². The van der Waals surface area contributed by atoms with Crippen molar-refractivity contribution in [3.8, 4) is 0 Å². The van der Waals surface area contributed by atoms with Gasteiger partial charge in [-0.05, 0) is 20.8 Å². The van der Waals surface area contributed by atoms with Crippen LogP contribution in [0.4, 0.5) is 0 Å². The van der Waals surface area contributed by atoms with Crippen LogP contribution >= 0.6 is 0 Å². The molecule has 0 saturated heterocycles. The van der Waals surface area contributed by atoms with Gasteiger partial charge >= 0.3 is 0 Å². The third-order valence-corrected chi connectivity index (χ3v) is 2.10. The monoisotopic (exact) mass is 220 g/mol. The van der Waals surface area contributed by atoms with Gasteiger partial charge in [-0.25, -0.2) is 0 Å². The van der Waals surface area contributed by atoms with E-state index in [9.17, 15) is 0 Å². The number of aryl methyl sites for hydroxylation is 1. The van der Waals surface area contributed by atoms with Gasteiger partial charge < -0.3 is 10.0 Å². The van der Waals surface area contributed by atoms with Crippen LogP contribution in [-0.4, -0.2) is 23.2 Å². The van der Waals surface area contributed by atoms with Crippen molar-refractivity contribution in [1.82, 2.24) is 0 Å². The molecule has 1 N–H and O–H groups in total. The van der Waals surface area contributed by atoms with Crippen molar-refractivity contribution < 1.29 is 10.0 Å². The summed E-state index contributed by atoms with van der Waals surface area (Å²) in [6.45, 7) is 6.02. The van der Waals surface area contributed by atoms with Crippen LogP contribution in [0.5, 0.6) is 0 Å². The van der Waals surface area contributed by atoms with Crippen molar-refractivity contribution in [2.45, 2.75) is 20.8 Å². The lowest BCUT2D eigenvalue weighted by Gasteiger charge is -2.05. The van der Waals surface area contributed by atoms with Gasteiger partial charge in [0.15, 0.2) is 0 Å². The molecule has 1 aromatic rings. The van der Waals surface area contributed by atoms with E-state index >= 15 is 0 Å². The van der Waals surface area contributed by atoms with Gasteiger partial charge in [-0.15, -0.1) is 0 Å². The summed E-state index contributed by atoms with van der Waals surface area (Å²) in [5.41, 5.74) is 3.01. The molecule has 0 heterocycles. The highest BCUT2D eigenvalue weighted by Gasteiger charge is 2.08. The van der Waals surface area contributed by atoms with E-state index in [4.69, 9.17) is 10.0 Å². The molecular formula is C12H16N2O2. The second-order valence-electron chi connectivity index (χ2n) is 3.41. The third kappa shape index (κ3) is 3.08. The molecule has 1 rings (SSSR count). The first kappa shape index (κ1) is 12.2. The number of hydrogen-bond acceptors (Lipinski definition) is 4. The Labute approximate surface area is 95.2 Å². The number of nitrogens with zero attached hydrogens (tertiary/aromatic N) is 2. The molecule has 0 atom stereocenters. The van der Waals surface area contributed by atoms with E-state index in [1.807, 2.05) is 38.1 Å². The second kappa shape index (κ2) is 5.90. The van der Waals surface area contributed by atoms with Crippen LogP contribution in [0, 0.1) is 6.92 Å². The van der Waals surface area contributed by atoms with E-state index in [0.717, 1.165) is 11.1 Å². The van der Waals surface area contributed by atoms with Crippen molar-refractivity contribution in [2.75, 3.05) is 6.61 Å². The molecule has 4 nitrogen and oxygen atoms in total. The van der Waals surface area contributed by atoms with E-state index in [0.29, 0.717) is 18.0 Å². The summed E-state index contributed by atoms with van der Waals surface area (Å²) in [5.74, 6) is 0. The summed E-state index contributed by atoms with van der Waals surface area (Å²) in [7, 11) is 0. The largest absolute Gasteiger partial charge is 0.411 e. The van der Waals surface area contributed by atoms with E-state index < -0.39 is 0 Å². The molecule has 0 bridgehead atoms. The molecular weight excluding hydrogens is 204 g/mol. The van der Waals surface area contributed by atoms with Gasteiger partial charge in [-0.3, -0.25) is 0 Å². The number of rotatable bonds is 4. The minimum Gasteiger partial charge on any atom is -0.411 e. The SMILES string of the molecule is CCO/N=C(/C(C)=N/O)c1ccc(C)cc1. The summed E-state index contributed by atoms with van der Waals surface area (Å²) in [5, 5.41) is 15.9. The molecule has 0 radical (unpaired) electrons. The Morgan fingerprint density at radius 1 is 1.31 bits per heavy atom. The Balaban J connectivity index is 3.06. The molecule has 0 aromatic heterocycles. The lowest BCUT2D eigenvalue weighted by Crippen LogP contribution is -2.13. The first-order valence-corrected chi connectivity index (χ1v) is 5.15. The highest BCUT2D eigenvalue weighted by Crippen LogP contribution is 2.06. The van der Waals surface area contributed by atoms with Crippen molar-refractivity contribution in [3.05, 3.63) is 35.4 Å². The number of oxime groups is 2. The zero-order chi connectivity index (χ0) is 12.0. The van der Waals surface area contributed by atoms with E-state index in [-0.39, 0.29) is 0 Å². The lowest BCUT2D eigenvalue weighted by atomic mass is 10.1. The van der Waals surface area contributed by atoms with Crippen LogP contribution in [0.15, 0.2) is 34.6 Å². The summed E-state index contributed by atoms with van der Waals surface area (Å²) < 4.78 is 0. The Bertz CT molecular complexity index is 394. The van der Waals surface area contributed by atoms with Crippen LogP contribution in [0.2, 0.25) is 0 Å². The van der Waals surface area contributed by atoms with Crippen LogP contribution < -0.4 is 0 Å². The third-order valence-electron chi connectivity index (χ3n) is 2.10. The molecule has 1 aromatic carbocycles. The molecule has 0 spiro atoms. The minimum atomic E-state index is 0.428. The Morgan fingerprint density at radius 3 is 2.44 bits per heavy atom. The quantitative estimate of drug-likeness (QED) is 0.481. The zero-order valence-corrected chi connectivity index (χ0v) is 9.77. The Hall–Kier alpha value is -1.84. The van der Waals surface area contributed by atoms with Gasteiger partial charge in [0.1, 0.15) is 18.0 Å². The zero-order valence-electron chi connectivity index (χ0n) is 9.77. The van der Waals surface area contributed by atoms with Gasteiger partial charge in [-0.2, -0.15) is 0 Å². The maximum Gasteiger partial charge on any atom is 0.134 e. The maximum absolute atomic E-state index is 8.77. The fraction of sp³-hybridized carbons (Fsp3) is 0.333. The summed E-state index contributed by atoms with van der Waals surface area (Å²) >= 11 is 0. The number of benzene rings is 1. The van der Waals surface area contributed by atoms with E-state index in [1.54, 1.807) is 6.92 Å². The van der Waals surface area contributed by atoms with Gasteiger partial charge in [-0.1, -0.05) is 40.1 Å². The predicted molar refractivity (Wildman–Crippen MR) is 64.2 cm³/mol. The molecule has 0 saturated carbocycles. The molecule has 16 heavy (non-hydrogen) atoms. The average Bonchev–Trinajstić information content (AvgIpc) is 2.31. The summed E-state index contributed by atoms with van der Waals surface area (Å²) in [4.78, 5) is 5.00. The van der Waals surface area contributed by atoms with Gasteiger partial charge in [0.25, 0.3) is 0 Å². The molecule has 0 aliphatic rings. The van der Waals surface area contributed by atoms with Crippen molar-refractivity contribution in [2.24, 2.45) is 10.3 Å². The predicted octanol–water partition coefficient (Wildman–Crippen LogP) is 2.59. The van der Waals surface area contributed by atoms with Crippen LogP contribution in [0.3, 0.4) is 0 Å². The Morgan fingerprint density at radius 2 is 1.94 bits per heavy atom. The molecule has 0 aliphatic heterocycles. The molecule has 0 amide bonds. The van der Waals surface area contributed by atoms with Gasteiger partial charge in [0.05, 0.1) is 0 Å². The minimum absolute atomic E-state index is 0.428. The van der Waals surface area contributed by atoms with E-state index in [2.05, 4.69) is 10.3 Å². The van der Waals surface area contributed by atoms with Crippen molar-refractivity contribution >= 4 is 11.4 Å². The van der Waals surface area contributed by atoms with Gasteiger partial charge in [0.2, 0.25) is 0 Å². The topological polar surface area (TPSA) is 54.2 Å². The fourth-order valence-corrected chi connectivity index (χ4v) is 1.22. The van der Waals surface area contributed by atoms with Crippen molar-refractivity contribution in [1.29, 1.82) is 0 Å². The first-order chi connectivity index (χ1) is 7.69. The molecule has 0 unspecified atom stereocenters. The van der Waals surface area contributed by atoms with Crippen molar-refractivity contribution in [3.63, 3.8) is 0 Å². The second-order valence-corrected chi connectivity index (χ2v) is 3.41. The summed E-state index contributed by atoms with van der Waals surface area (Å²) in [6.07, 6.45) is 0. The fourth-order valence-electron chi connectivity index (χ4n) is 1.22. The van der Waals surface area contributed by atoms with Crippen LogP contribution in [0.25, 0.3) is 0 Å². The maximum atomic E-state index is 8.77. The van der Waals surface area contributed by atoms with Gasteiger partial charge in [0, 0.05) is 5.56 Å². The van der Waals surface area contributed by atoms with E-state index in [1.165, 1.54) is 0 Å². The first-order valence-electron chi connectivity index (χ1n) is 5.15. The molecule has 0 fully saturated rings. The number of hydrogen-bond donors (Lipinski definition) is 1. The highest BCUT2D eigenvalue weighted by atomic mass is 16.6. The highest BCUT2D eigenvalue weighted by molar-refractivity contribution is 6.47. The normalized spacial score (nSPS) is 12.7. The Kier molecular flexibility index (Phi) is 4.51. The van der Waals surface area contributed by atoms with Crippen LogP contribution in [0.1, 0.15) is 25.0 Å². The molecule has 4 heteroatoms. The average molecular weight is 220 g/mol. The lowest BCUT2D eigenvalue weighted by molar-refractivity contribution is 0.159.